The maximum atomic E-state index is 13.1. The van der Waals surface area contributed by atoms with Gasteiger partial charge in [0, 0.05) is 0 Å². The number of hydrogen-bond acceptors (Lipinski definition) is 3. The molecule has 4 atom stereocenters. The van der Waals surface area contributed by atoms with Gasteiger partial charge >= 0.3 is 5.97 Å². The van der Waals surface area contributed by atoms with E-state index in [9.17, 15) is 9.90 Å². The maximum absolute atomic E-state index is 13.1. The van der Waals surface area contributed by atoms with Crippen LogP contribution in [0.4, 0.5) is 0 Å². The molecule has 0 saturated heterocycles. The number of benzene rings is 1. The maximum Gasteiger partial charge on any atom is 0.343 e. The summed E-state index contributed by atoms with van der Waals surface area (Å²) in [4.78, 5) is 13.1. The Morgan fingerprint density at radius 1 is 1.23 bits per heavy atom. The predicted molar refractivity (Wildman–Crippen MR) is 106 cm³/mol. The lowest BCUT2D eigenvalue weighted by molar-refractivity contribution is -0.180. The Morgan fingerprint density at radius 2 is 1.92 bits per heavy atom. The van der Waals surface area contributed by atoms with Gasteiger partial charge in [-0.15, -0.1) is 0 Å². The number of carbonyl (C=O) groups excluding carboxylic acids is 1. The van der Waals surface area contributed by atoms with Gasteiger partial charge in [0.05, 0.1) is 0 Å². The zero-order valence-corrected chi connectivity index (χ0v) is 16.9. The first-order valence-corrected chi connectivity index (χ1v) is 10.4. The normalized spacial score (nSPS) is 25.7. The zero-order chi connectivity index (χ0) is 19.2. The highest BCUT2D eigenvalue weighted by molar-refractivity contribution is 5.81. The Balaban J connectivity index is 2.19. The van der Waals surface area contributed by atoms with Crippen LogP contribution in [0.15, 0.2) is 30.3 Å². The van der Waals surface area contributed by atoms with Crippen LogP contribution in [-0.2, 0) is 15.1 Å². The van der Waals surface area contributed by atoms with E-state index in [-0.39, 0.29) is 6.10 Å². The van der Waals surface area contributed by atoms with E-state index in [0.29, 0.717) is 29.7 Å². The van der Waals surface area contributed by atoms with Crippen LogP contribution >= 0.6 is 0 Å². The highest BCUT2D eigenvalue weighted by Gasteiger charge is 2.42. The number of ether oxygens (including phenoxy) is 1. The number of aliphatic hydroxyl groups is 1. The Kier molecular flexibility index (Phi) is 7.69. The summed E-state index contributed by atoms with van der Waals surface area (Å²) in [5, 5.41) is 11.3. The molecule has 0 unspecified atom stereocenters. The van der Waals surface area contributed by atoms with Crippen molar-refractivity contribution in [2.45, 2.75) is 84.3 Å². The fraction of sp³-hybridized carbons (Fsp3) is 0.696. The van der Waals surface area contributed by atoms with Crippen LogP contribution in [0.2, 0.25) is 0 Å². The van der Waals surface area contributed by atoms with Crippen molar-refractivity contribution in [1.29, 1.82) is 0 Å². The minimum Gasteiger partial charge on any atom is -0.460 e. The van der Waals surface area contributed by atoms with Crippen molar-refractivity contribution in [3.63, 3.8) is 0 Å². The van der Waals surface area contributed by atoms with Gasteiger partial charge in [-0.05, 0) is 49.0 Å². The third-order valence-electron chi connectivity index (χ3n) is 5.95. The third kappa shape index (κ3) is 5.09. The molecule has 26 heavy (non-hydrogen) atoms. The van der Waals surface area contributed by atoms with E-state index in [1.54, 1.807) is 0 Å². The van der Waals surface area contributed by atoms with Gasteiger partial charge in [-0.3, -0.25) is 0 Å². The molecule has 1 aromatic carbocycles. The van der Waals surface area contributed by atoms with Crippen molar-refractivity contribution in [2.75, 3.05) is 0 Å². The van der Waals surface area contributed by atoms with E-state index in [0.717, 1.165) is 32.1 Å². The monoisotopic (exact) mass is 360 g/mol. The molecule has 1 fully saturated rings. The van der Waals surface area contributed by atoms with Crippen molar-refractivity contribution in [1.82, 2.24) is 0 Å². The van der Waals surface area contributed by atoms with Crippen LogP contribution in [0.1, 0.15) is 78.2 Å². The molecule has 0 spiro atoms. The Labute approximate surface area is 159 Å². The molecular weight excluding hydrogens is 324 g/mol. The summed E-state index contributed by atoms with van der Waals surface area (Å²) in [6.07, 6.45) is 6.37. The van der Waals surface area contributed by atoms with E-state index in [4.69, 9.17) is 4.74 Å². The van der Waals surface area contributed by atoms with Gasteiger partial charge in [0.25, 0.3) is 0 Å². The second-order valence-corrected chi connectivity index (χ2v) is 8.45. The molecule has 2 rings (SSSR count). The van der Waals surface area contributed by atoms with Gasteiger partial charge in [0.2, 0.25) is 0 Å². The van der Waals surface area contributed by atoms with Crippen LogP contribution in [0.3, 0.4) is 0 Å². The smallest absolute Gasteiger partial charge is 0.343 e. The number of esters is 1. The first-order chi connectivity index (χ1) is 12.4. The quantitative estimate of drug-likeness (QED) is 0.495. The summed E-state index contributed by atoms with van der Waals surface area (Å²) >= 11 is 0. The predicted octanol–water partition coefficient (Wildman–Crippen LogP) is 5.46. The number of rotatable bonds is 8. The lowest BCUT2D eigenvalue weighted by atomic mass is 9.75. The number of unbranched alkanes of at least 4 members (excludes halogenated alkanes) is 2. The van der Waals surface area contributed by atoms with E-state index >= 15 is 0 Å². The molecule has 0 heterocycles. The summed E-state index contributed by atoms with van der Waals surface area (Å²) in [5.74, 6) is 0.952. The molecule has 0 radical (unpaired) electrons. The Bertz CT molecular complexity index is 554. The first kappa shape index (κ1) is 21.0. The summed E-state index contributed by atoms with van der Waals surface area (Å²) in [7, 11) is 0. The largest absolute Gasteiger partial charge is 0.460 e. The summed E-state index contributed by atoms with van der Waals surface area (Å²) in [5.41, 5.74) is -0.899. The van der Waals surface area contributed by atoms with E-state index in [1.165, 1.54) is 6.42 Å². The average molecular weight is 361 g/mol. The lowest BCUT2D eigenvalue weighted by Gasteiger charge is -2.38. The fourth-order valence-electron chi connectivity index (χ4n) is 4.19. The second kappa shape index (κ2) is 9.55. The second-order valence-electron chi connectivity index (χ2n) is 8.45. The number of carbonyl (C=O) groups is 1. The van der Waals surface area contributed by atoms with E-state index in [2.05, 4.69) is 27.7 Å². The van der Waals surface area contributed by atoms with Crippen molar-refractivity contribution in [2.24, 2.45) is 17.8 Å². The van der Waals surface area contributed by atoms with Crippen LogP contribution in [-0.4, -0.2) is 17.2 Å². The molecule has 0 bridgehead atoms. The first-order valence-electron chi connectivity index (χ1n) is 10.4. The Hall–Kier alpha value is -1.35. The van der Waals surface area contributed by atoms with Crippen molar-refractivity contribution in [3.8, 4) is 0 Å². The van der Waals surface area contributed by atoms with E-state index < -0.39 is 11.6 Å². The van der Waals surface area contributed by atoms with Gasteiger partial charge in [-0.1, -0.05) is 77.3 Å². The van der Waals surface area contributed by atoms with Crippen molar-refractivity contribution in [3.05, 3.63) is 35.9 Å². The van der Waals surface area contributed by atoms with Gasteiger partial charge in [0.1, 0.15) is 6.10 Å². The minimum atomic E-state index is -1.54. The van der Waals surface area contributed by atoms with Gasteiger partial charge in [0.15, 0.2) is 5.60 Å². The molecule has 146 valence electrons. The van der Waals surface area contributed by atoms with Crippen LogP contribution in [0, 0.1) is 17.8 Å². The molecule has 3 heteroatoms. The average Bonchev–Trinajstić information content (AvgIpc) is 2.62. The minimum absolute atomic E-state index is 0.0901. The molecule has 1 aromatic rings. The summed E-state index contributed by atoms with van der Waals surface area (Å²) in [6, 6.07) is 9.30. The lowest BCUT2D eigenvalue weighted by Crippen LogP contribution is -2.43. The zero-order valence-electron chi connectivity index (χ0n) is 16.9. The Morgan fingerprint density at radius 3 is 2.54 bits per heavy atom. The molecular formula is C23H36O3. The highest BCUT2D eigenvalue weighted by Crippen LogP contribution is 2.37. The standard InChI is InChI=1S/C23H36O3/c1-5-6-10-15-23(25,19-11-8-7-9-12-19)22(24)26-21-16-18(4)13-14-20(21)17(2)3/h7-9,11-12,17-18,20-21,25H,5-6,10,13-16H2,1-4H3/t18-,20+,21-,23-/m1/s1. The van der Waals surface area contributed by atoms with Crippen molar-refractivity contribution >= 4 is 5.97 Å². The van der Waals surface area contributed by atoms with Crippen LogP contribution in [0.5, 0.6) is 0 Å². The molecule has 1 saturated carbocycles. The SMILES string of the molecule is CCCCC[C@](O)(C(=O)O[C@@H]1C[C@H](C)CC[C@H]1C(C)C)c1ccccc1. The molecule has 0 aliphatic heterocycles. The molecule has 1 aliphatic carbocycles. The van der Waals surface area contributed by atoms with Gasteiger partial charge in [-0.25, -0.2) is 4.79 Å². The molecule has 0 amide bonds. The fourth-order valence-corrected chi connectivity index (χ4v) is 4.19. The third-order valence-corrected chi connectivity index (χ3v) is 5.95. The molecule has 3 nitrogen and oxygen atoms in total. The number of hydrogen-bond donors (Lipinski definition) is 1. The highest BCUT2D eigenvalue weighted by atomic mass is 16.6. The van der Waals surface area contributed by atoms with E-state index in [1.807, 2.05) is 30.3 Å². The van der Waals surface area contributed by atoms with Crippen molar-refractivity contribution < 1.29 is 14.6 Å². The summed E-state index contributed by atoms with van der Waals surface area (Å²) in [6.45, 7) is 8.75. The van der Waals surface area contributed by atoms with Gasteiger partial charge in [-0.2, -0.15) is 0 Å². The summed E-state index contributed by atoms with van der Waals surface area (Å²) < 4.78 is 6.00. The molecule has 0 aromatic heterocycles. The van der Waals surface area contributed by atoms with Gasteiger partial charge < -0.3 is 9.84 Å². The topological polar surface area (TPSA) is 46.5 Å². The molecule has 1 N–H and O–H groups in total. The molecule has 1 aliphatic rings. The van der Waals surface area contributed by atoms with Crippen LogP contribution in [0.25, 0.3) is 0 Å². The van der Waals surface area contributed by atoms with Crippen LogP contribution < -0.4 is 0 Å².